The molecule has 1 amide bonds. The molecule has 0 radical (unpaired) electrons. The second-order valence-electron chi connectivity index (χ2n) is 7.82. The summed E-state index contributed by atoms with van der Waals surface area (Å²) in [6.07, 6.45) is 3.13. The lowest BCUT2D eigenvalue weighted by atomic mass is 9.95. The molecule has 1 aliphatic rings. The molecule has 1 aliphatic heterocycles. The lowest BCUT2D eigenvalue weighted by molar-refractivity contribution is -0.384. The molecular weight excluding hydrogens is 453 g/mol. The molecule has 5 rings (SSSR count). The molecule has 2 N–H and O–H groups in total. The smallest absolute Gasteiger partial charge is 0.269 e. The van der Waals surface area contributed by atoms with Crippen LogP contribution in [0.2, 0.25) is 0 Å². The number of anilines is 2. The van der Waals surface area contributed by atoms with Crippen molar-refractivity contribution in [1.29, 1.82) is 0 Å². The molecule has 0 saturated carbocycles. The van der Waals surface area contributed by atoms with Gasteiger partial charge in [0.1, 0.15) is 11.9 Å². The Kier molecular flexibility index (Phi) is 5.49. The Morgan fingerprint density at radius 3 is 2.54 bits per heavy atom. The Bertz CT molecular complexity index is 1450. The number of benzene rings is 2. The van der Waals surface area contributed by atoms with Gasteiger partial charge >= 0.3 is 0 Å². The van der Waals surface area contributed by atoms with Crippen molar-refractivity contribution in [2.24, 2.45) is 0 Å². The number of amides is 1. The average molecular weight is 471 g/mol. The van der Waals surface area contributed by atoms with Crippen LogP contribution >= 0.6 is 0 Å². The van der Waals surface area contributed by atoms with E-state index in [1.165, 1.54) is 30.5 Å². The fourth-order valence-corrected chi connectivity index (χ4v) is 3.89. The monoisotopic (exact) mass is 471 g/mol. The molecule has 0 bridgehead atoms. The molecule has 10 nitrogen and oxygen atoms in total. The SMILES string of the molecule is CC1=C(C(=O)Nc2cccnc2)C(c2ccc(F)cc2)n2nc(-c3ccc([N+](=O)[O-])cc3)nc2N1. The van der Waals surface area contributed by atoms with E-state index in [1.54, 1.807) is 54.2 Å². The number of halogens is 1. The third-order valence-corrected chi connectivity index (χ3v) is 5.54. The van der Waals surface area contributed by atoms with Crippen molar-refractivity contribution in [2.75, 3.05) is 10.6 Å². The number of non-ortho nitro benzene ring substituents is 1. The summed E-state index contributed by atoms with van der Waals surface area (Å²) < 4.78 is 15.2. The van der Waals surface area contributed by atoms with E-state index in [0.717, 1.165) is 0 Å². The molecule has 174 valence electrons. The molecule has 0 fully saturated rings. The van der Waals surface area contributed by atoms with Gasteiger partial charge in [-0.2, -0.15) is 4.98 Å². The van der Waals surface area contributed by atoms with Crippen LogP contribution in [0.4, 0.5) is 21.7 Å². The van der Waals surface area contributed by atoms with E-state index in [-0.39, 0.29) is 11.6 Å². The van der Waals surface area contributed by atoms with Gasteiger partial charge in [-0.25, -0.2) is 9.07 Å². The number of aromatic nitrogens is 4. The van der Waals surface area contributed by atoms with Crippen molar-refractivity contribution in [2.45, 2.75) is 13.0 Å². The van der Waals surface area contributed by atoms with Gasteiger partial charge in [0.25, 0.3) is 11.6 Å². The summed E-state index contributed by atoms with van der Waals surface area (Å²) in [6, 6.07) is 14.4. The van der Waals surface area contributed by atoms with Crippen molar-refractivity contribution >= 4 is 23.2 Å². The van der Waals surface area contributed by atoms with Gasteiger partial charge in [0.2, 0.25) is 5.95 Å². The summed E-state index contributed by atoms with van der Waals surface area (Å²) in [5.74, 6) is -0.0928. The number of nitrogens with one attached hydrogen (secondary N) is 2. The summed E-state index contributed by atoms with van der Waals surface area (Å²) in [4.78, 5) is 32.4. The zero-order valence-electron chi connectivity index (χ0n) is 18.3. The molecule has 0 saturated heterocycles. The Hall–Kier alpha value is -4.93. The minimum absolute atomic E-state index is 0.0492. The zero-order chi connectivity index (χ0) is 24.5. The molecular formula is C24H18FN7O3. The van der Waals surface area contributed by atoms with Crippen molar-refractivity contribution < 1.29 is 14.1 Å². The van der Waals surface area contributed by atoms with Gasteiger partial charge in [-0.15, -0.1) is 5.10 Å². The maximum absolute atomic E-state index is 13.7. The number of allylic oxidation sites excluding steroid dienone is 1. The summed E-state index contributed by atoms with van der Waals surface area (Å²) in [7, 11) is 0. The number of pyridine rings is 1. The molecule has 11 heteroatoms. The molecule has 0 aliphatic carbocycles. The van der Waals surface area contributed by atoms with Crippen LogP contribution in [0, 0.1) is 15.9 Å². The molecule has 0 spiro atoms. The van der Waals surface area contributed by atoms with Gasteiger partial charge in [-0.1, -0.05) is 12.1 Å². The molecule has 2 aromatic carbocycles. The summed E-state index contributed by atoms with van der Waals surface area (Å²) >= 11 is 0. The number of hydrogen-bond donors (Lipinski definition) is 2. The molecule has 1 atom stereocenters. The summed E-state index contributed by atoms with van der Waals surface area (Å²) in [6.45, 7) is 1.75. The number of nitrogens with zero attached hydrogens (tertiary/aromatic N) is 5. The van der Waals surface area contributed by atoms with E-state index in [2.05, 4.69) is 25.7 Å². The van der Waals surface area contributed by atoms with E-state index < -0.39 is 16.8 Å². The maximum atomic E-state index is 13.7. The third-order valence-electron chi connectivity index (χ3n) is 5.54. The first-order valence-corrected chi connectivity index (χ1v) is 10.6. The highest BCUT2D eigenvalue weighted by Gasteiger charge is 2.34. The van der Waals surface area contributed by atoms with Crippen LogP contribution in [0.25, 0.3) is 11.4 Å². The Labute approximate surface area is 198 Å². The Balaban J connectivity index is 1.58. The van der Waals surface area contributed by atoms with Crippen LogP contribution in [0.3, 0.4) is 0 Å². The second kappa shape index (κ2) is 8.78. The number of hydrogen-bond acceptors (Lipinski definition) is 7. The first kappa shape index (κ1) is 21.9. The highest BCUT2D eigenvalue weighted by molar-refractivity contribution is 6.05. The van der Waals surface area contributed by atoms with Gasteiger partial charge in [-0.05, 0) is 48.9 Å². The number of carbonyl (C=O) groups excluding carboxylic acids is 1. The van der Waals surface area contributed by atoms with Gasteiger partial charge in [0.05, 0.1) is 22.4 Å². The van der Waals surface area contributed by atoms with Gasteiger partial charge in [0.15, 0.2) is 5.82 Å². The lowest BCUT2D eigenvalue weighted by Crippen LogP contribution is -2.31. The first-order chi connectivity index (χ1) is 16.9. The summed E-state index contributed by atoms with van der Waals surface area (Å²) in [5.41, 5.74) is 2.59. The minimum Gasteiger partial charge on any atom is -0.328 e. The second-order valence-corrected chi connectivity index (χ2v) is 7.82. The van der Waals surface area contributed by atoms with E-state index in [9.17, 15) is 19.3 Å². The van der Waals surface area contributed by atoms with E-state index >= 15 is 0 Å². The maximum Gasteiger partial charge on any atom is 0.269 e. The zero-order valence-corrected chi connectivity index (χ0v) is 18.3. The normalized spacial score (nSPS) is 14.7. The van der Waals surface area contributed by atoms with E-state index in [4.69, 9.17) is 0 Å². The largest absolute Gasteiger partial charge is 0.328 e. The average Bonchev–Trinajstić information content (AvgIpc) is 3.28. The van der Waals surface area contributed by atoms with Gasteiger partial charge in [-0.3, -0.25) is 19.9 Å². The third kappa shape index (κ3) is 4.22. The molecule has 3 heterocycles. The van der Waals surface area contributed by atoms with Crippen LogP contribution in [0.5, 0.6) is 0 Å². The quantitative estimate of drug-likeness (QED) is 0.328. The van der Waals surface area contributed by atoms with Crippen LogP contribution in [-0.2, 0) is 4.79 Å². The first-order valence-electron chi connectivity index (χ1n) is 10.6. The number of nitro groups is 1. The molecule has 4 aromatic rings. The van der Waals surface area contributed by atoms with Crippen LogP contribution in [-0.4, -0.2) is 30.6 Å². The predicted molar refractivity (Wildman–Crippen MR) is 126 cm³/mol. The van der Waals surface area contributed by atoms with E-state index in [1.807, 2.05) is 0 Å². The van der Waals surface area contributed by atoms with Crippen molar-refractivity contribution in [1.82, 2.24) is 19.7 Å². The van der Waals surface area contributed by atoms with Crippen LogP contribution < -0.4 is 10.6 Å². The highest BCUT2D eigenvalue weighted by atomic mass is 19.1. The van der Waals surface area contributed by atoms with Gasteiger partial charge in [0, 0.05) is 29.6 Å². The standard InChI is InChI=1S/C24H18FN7O3/c1-14-20(23(33)28-18-3-2-12-26-13-18)21(15-4-8-17(25)9-5-15)31-24(27-14)29-22(30-31)16-6-10-19(11-7-16)32(34)35/h2-13,21H,1H3,(H,28,33)(H,27,29,30). The molecule has 2 aromatic heterocycles. The van der Waals surface area contributed by atoms with Crippen molar-refractivity contribution in [3.05, 3.63) is 106 Å². The fraction of sp³-hybridized carbons (Fsp3) is 0.0833. The molecule has 35 heavy (non-hydrogen) atoms. The number of nitro benzene ring substituents is 1. The van der Waals surface area contributed by atoms with Gasteiger partial charge < -0.3 is 10.6 Å². The number of carbonyl (C=O) groups is 1. The molecule has 1 unspecified atom stereocenters. The topological polar surface area (TPSA) is 128 Å². The summed E-state index contributed by atoms with van der Waals surface area (Å²) in [5, 5.41) is 21.5. The predicted octanol–water partition coefficient (Wildman–Crippen LogP) is 4.32. The Morgan fingerprint density at radius 1 is 1.14 bits per heavy atom. The number of fused-ring (bicyclic) bond motifs is 1. The fourth-order valence-electron chi connectivity index (χ4n) is 3.89. The van der Waals surface area contributed by atoms with Crippen LogP contribution in [0.15, 0.2) is 84.3 Å². The van der Waals surface area contributed by atoms with Crippen molar-refractivity contribution in [3.8, 4) is 11.4 Å². The number of rotatable bonds is 5. The van der Waals surface area contributed by atoms with E-state index in [0.29, 0.717) is 39.9 Å². The van der Waals surface area contributed by atoms with Crippen molar-refractivity contribution in [3.63, 3.8) is 0 Å². The lowest BCUT2D eigenvalue weighted by Gasteiger charge is -2.28. The Morgan fingerprint density at radius 2 is 1.89 bits per heavy atom. The minimum atomic E-state index is -0.706. The highest BCUT2D eigenvalue weighted by Crippen LogP contribution is 2.37. The van der Waals surface area contributed by atoms with Crippen LogP contribution in [0.1, 0.15) is 18.5 Å².